The fraction of sp³-hybridized carbons (Fsp3) is 0.643. The standard InChI is InChI=1S/C14H19FN2O2S/c15-12-7-3-9-16-14(12)20(18,19)17-10-4-8-13(17)11-5-1-2-6-11/h3,7,9,11,13H,1-2,4-6,8,10H2. The van der Waals surface area contributed by atoms with E-state index < -0.39 is 20.9 Å². The van der Waals surface area contributed by atoms with Crippen LogP contribution in [0.4, 0.5) is 4.39 Å². The first kappa shape index (κ1) is 13.9. The number of sulfonamides is 1. The van der Waals surface area contributed by atoms with Crippen LogP contribution in [0.3, 0.4) is 0 Å². The maximum absolute atomic E-state index is 13.8. The van der Waals surface area contributed by atoms with Crippen molar-refractivity contribution in [2.45, 2.75) is 49.6 Å². The molecular formula is C14H19FN2O2S. The summed E-state index contributed by atoms with van der Waals surface area (Å²) in [6.07, 6.45) is 7.59. The number of halogens is 1. The van der Waals surface area contributed by atoms with E-state index in [-0.39, 0.29) is 6.04 Å². The van der Waals surface area contributed by atoms with Gasteiger partial charge in [-0.05, 0) is 43.7 Å². The smallest absolute Gasteiger partial charge is 0.241 e. The highest BCUT2D eigenvalue weighted by Gasteiger charge is 2.41. The average molecular weight is 298 g/mol. The Labute approximate surface area is 119 Å². The van der Waals surface area contributed by atoms with Crippen LogP contribution in [0, 0.1) is 11.7 Å². The van der Waals surface area contributed by atoms with Gasteiger partial charge in [0.2, 0.25) is 5.03 Å². The number of rotatable bonds is 3. The van der Waals surface area contributed by atoms with Gasteiger partial charge < -0.3 is 0 Å². The van der Waals surface area contributed by atoms with E-state index in [0.717, 1.165) is 31.7 Å². The van der Waals surface area contributed by atoms with Gasteiger partial charge in [-0.3, -0.25) is 0 Å². The van der Waals surface area contributed by atoms with Crippen LogP contribution in [0.5, 0.6) is 0 Å². The van der Waals surface area contributed by atoms with Crippen LogP contribution >= 0.6 is 0 Å². The van der Waals surface area contributed by atoms with Gasteiger partial charge in [0.05, 0.1) is 0 Å². The molecule has 2 fully saturated rings. The molecule has 1 aliphatic carbocycles. The molecule has 1 saturated carbocycles. The molecule has 2 heterocycles. The van der Waals surface area contributed by atoms with E-state index in [1.807, 2.05) is 0 Å². The van der Waals surface area contributed by atoms with Gasteiger partial charge in [-0.1, -0.05) is 12.8 Å². The molecule has 1 aromatic heterocycles. The fourth-order valence-electron chi connectivity index (χ4n) is 3.55. The van der Waals surface area contributed by atoms with Crippen molar-refractivity contribution in [3.05, 3.63) is 24.1 Å². The molecule has 4 nitrogen and oxygen atoms in total. The summed E-state index contributed by atoms with van der Waals surface area (Å²) in [5.41, 5.74) is 0. The van der Waals surface area contributed by atoms with E-state index in [4.69, 9.17) is 0 Å². The van der Waals surface area contributed by atoms with Crippen LogP contribution in [0.1, 0.15) is 38.5 Å². The van der Waals surface area contributed by atoms with Gasteiger partial charge in [-0.15, -0.1) is 0 Å². The van der Waals surface area contributed by atoms with Crippen molar-refractivity contribution in [3.63, 3.8) is 0 Å². The molecule has 0 bridgehead atoms. The summed E-state index contributed by atoms with van der Waals surface area (Å²) >= 11 is 0. The topological polar surface area (TPSA) is 50.3 Å². The van der Waals surface area contributed by atoms with Crippen LogP contribution in [0.25, 0.3) is 0 Å². The third-order valence-corrected chi connectivity index (χ3v) is 6.33. The zero-order valence-corrected chi connectivity index (χ0v) is 12.2. The van der Waals surface area contributed by atoms with Crippen LogP contribution in [0.15, 0.2) is 23.4 Å². The minimum Gasteiger partial charge on any atom is -0.241 e. The first-order valence-corrected chi connectivity index (χ1v) is 8.67. The lowest BCUT2D eigenvalue weighted by atomic mass is 9.97. The van der Waals surface area contributed by atoms with Gasteiger partial charge in [0.25, 0.3) is 10.0 Å². The maximum atomic E-state index is 13.8. The van der Waals surface area contributed by atoms with E-state index in [0.29, 0.717) is 12.5 Å². The van der Waals surface area contributed by atoms with Crippen molar-refractivity contribution < 1.29 is 12.8 Å². The molecule has 0 N–H and O–H groups in total. The quantitative estimate of drug-likeness (QED) is 0.861. The zero-order valence-electron chi connectivity index (χ0n) is 11.3. The minimum atomic E-state index is -3.81. The second-order valence-corrected chi connectivity index (χ2v) is 7.47. The SMILES string of the molecule is O=S(=O)(c1ncccc1F)N1CCCC1C1CCCC1. The molecule has 1 unspecified atom stereocenters. The first-order valence-electron chi connectivity index (χ1n) is 7.23. The molecule has 0 amide bonds. The van der Waals surface area contributed by atoms with Crippen molar-refractivity contribution in [1.82, 2.24) is 9.29 Å². The van der Waals surface area contributed by atoms with Crippen molar-refractivity contribution in [2.75, 3.05) is 6.54 Å². The molecule has 3 rings (SSSR count). The van der Waals surface area contributed by atoms with Gasteiger partial charge in [0, 0.05) is 18.8 Å². The summed E-state index contributed by atoms with van der Waals surface area (Å²) in [5, 5.41) is -0.426. The normalized spacial score (nSPS) is 25.4. The van der Waals surface area contributed by atoms with Gasteiger partial charge in [-0.25, -0.2) is 17.8 Å². The third kappa shape index (κ3) is 2.35. The Morgan fingerprint density at radius 1 is 1.20 bits per heavy atom. The Kier molecular flexibility index (Phi) is 3.77. The molecule has 6 heteroatoms. The monoisotopic (exact) mass is 298 g/mol. The van der Waals surface area contributed by atoms with Crippen LogP contribution in [0.2, 0.25) is 0 Å². The molecule has 1 saturated heterocycles. The molecule has 110 valence electrons. The predicted octanol–water partition coefficient (Wildman–Crippen LogP) is 2.56. The lowest BCUT2D eigenvalue weighted by Gasteiger charge is -2.28. The highest BCUT2D eigenvalue weighted by Crippen LogP contribution is 2.37. The summed E-state index contributed by atoms with van der Waals surface area (Å²) in [4.78, 5) is 3.75. The average Bonchev–Trinajstić information content (AvgIpc) is 3.10. The molecule has 2 aliphatic rings. The van der Waals surface area contributed by atoms with Gasteiger partial charge in [-0.2, -0.15) is 4.31 Å². The molecule has 0 aromatic carbocycles. The second-order valence-electron chi connectivity index (χ2n) is 5.66. The number of hydrogen-bond acceptors (Lipinski definition) is 3. The minimum absolute atomic E-state index is 0.0314. The van der Waals surface area contributed by atoms with Crippen molar-refractivity contribution in [2.24, 2.45) is 5.92 Å². The molecule has 1 atom stereocenters. The summed E-state index contributed by atoms with van der Waals surface area (Å²) in [6, 6.07) is 2.59. The lowest BCUT2D eigenvalue weighted by Crippen LogP contribution is -2.40. The van der Waals surface area contributed by atoms with Gasteiger partial charge in [0.15, 0.2) is 5.82 Å². The summed E-state index contributed by atoms with van der Waals surface area (Å²) < 4.78 is 40.6. The van der Waals surface area contributed by atoms with Crippen molar-refractivity contribution in [1.29, 1.82) is 0 Å². The highest BCUT2D eigenvalue weighted by atomic mass is 32.2. The maximum Gasteiger partial charge on any atom is 0.263 e. The fourth-order valence-corrected chi connectivity index (χ4v) is 5.28. The predicted molar refractivity (Wildman–Crippen MR) is 73.1 cm³/mol. The van der Waals surface area contributed by atoms with E-state index in [1.165, 1.54) is 29.4 Å². The number of nitrogens with zero attached hydrogens (tertiary/aromatic N) is 2. The largest absolute Gasteiger partial charge is 0.263 e. The van der Waals surface area contributed by atoms with E-state index in [9.17, 15) is 12.8 Å². The van der Waals surface area contributed by atoms with Gasteiger partial charge in [0.1, 0.15) is 0 Å². The number of hydrogen-bond donors (Lipinski definition) is 0. The first-order chi connectivity index (χ1) is 9.60. The lowest BCUT2D eigenvalue weighted by molar-refractivity contribution is 0.286. The van der Waals surface area contributed by atoms with Gasteiger partial charge >= 0.3 is 0 Å². The summed E-state index contributed by atoms with van der Waals surface area (Å²) in [7, 11) is -3.81. The molecule has 0 radical (unpaired) electrons. The Bertz CT molecular complexity index is 585. The third-order valence-electron chi connectivity index (χ3n) is 4.47. The van der Waals surface area contributed by atoms with E-state index >= 15 is 0 Å². The zero-order chi connectivity index (χ0) is 14.2. The Hall–Kier alpha value is -1.01. The summed E-state index contributed by atoms with van der Waals surface area (Å²) in [6.45, 7) is 0.486. The van der Waals surface area contributed by atoms with E-state index in [1.54, 1.807) is 0 Å². The van der Waals surface area contributed by atoms with Crippen molar-refractivity contribution in [3.8, 4) is 0 Å². The van der Waals surface area contributed by atoms with Crippen LogP contribution in [-0.2, 0) is 10.0 Å². The van der Waals surface area contributed by atoms with Crippen LogP contribution in [-0.4, -0.2) is 30.3 Å². The molecule has 1 aliphatic heterocycles. The van der Waals surface area contributed by atoms with Crippen molar-refractivity contribution >= 4 is 10.0 Å². The number of aromatic nitrogens is 1. The summed E-state index contributed by atoms with van der Waals surface area (Å²) in [5.74, 6) is -0.330. The molecule has 0 spiro atoms. The highest BCUT2D eigenvalue weighted by molar-refractivity contribution is 7.89. The molecule has 1 aromatic rings. The Morgan fingerprint density at radius 2 is 1.95 bits per heavy atom. The number of pyridine rings is 1. The molecule has 20 heavy (non-hydrogen) atoms. The van der Waals surface area contributed by atoms with Crippen LogP contribution < -0.4 is 0 Å². The second kappa shape index (κ2) is 5.41. The Morgan fingerprint density at radius 3 is 2.65 bits per heavy atom. The Balaban J connectivity index is 1.92. The van der Waals surface area contributed by atoms with E-state index in [2.05, 4.69) is 4.98 Å². The molecular weight excluding hydrogens is 279 g/mol.